The van der Waals surface area contributed by atoms with Gasteiger partial charge in [0.15, 0.2) is 0 Å². The van der Waals surface area contributed by atoms with Crippen molar-refractivity contribution >= 4 is 0 Å². The molecular weight excluding hydrogens is 257 g/mol. The molecule has 2 N–H and O–H groups in total. The highest BCUT2D eigenvalue weighted by molar-refractivity contribution is 5.35. The van der Waals surface area contributed by atoms with Crippen molar-refractivity contribution < 1.29 is 17.9 Å². The highest BCUT2D eigenvalue weighted by Crippen LogP contribution is 2.26. The minimum atomic E-state index is -4.71. The normalized spacial score (nSPS) is 13.1. The van der Waals surface area contributed by atoms with Crippen molar-refractivity contribution in [1.82, 2.24) is 4.98 Å². The zero-order valence-corrected chi connectivity index (χ0v) is 9.76. The first-order valence-corrected chi connectivity index (χ1v) is 5.47. The van der Waals surface area contributed by atoms with Crippen molar-refractivity contribution in [2.45, 2.75) is 12.4 Å². The molecule has 0 aliphatic heterocycles. The number of ether oxygens (including phenoxy) is 1. The van der Waals surface area contributed by atoms with Crippen LogP contribution in [0.15, 0.2) is 48.8 Å². The second kappa shape index (κ2) is 5.27. The van der Waals surface area contributed by atoms with Gasteiger partial charge in [-0.05, 0) is 29.3 Å². The molecular formula is C13H11F3N2O. The van der Waals surface area contributed by atoms with E-state index < -0.39 is 12.4 Å². The first kappa shape index (κ1) is 13.4. The molecule has 100 valence electrons. The van der Waals surface area contributed by atoms with Gasteiger partial charge in [0.25, 0.3) is 0 Å². The number of alkyl halides is 3. The quantitative estimate of drug-likeness (QED) is 0.930. The van der Waals surface area contributed by atoms with E-state index >= 15 is 0 Å². The summed E-state index contributed by atoms with van der Waals surface area (Å²) in [6, 6.07) is 8.52. The zero-order chi connectivity index (χ0) is 13.9. The number of rotatable bonds is 3. The summed E-state index contributed by atoms with van der Waals surface area (Å²) in [4.78, 5) is 3.92. The molecule has 1 atom stereocenters. The number of hydrogen-bond acceptors (Lipinski definition) is 3. The lowest BCUT2D eigenvalue weighted by molar-refractivity contribution is -0.274. The van der Waals surface area contributed by atoms with E-state index in [1.165, 1.54) is 18.2 Å². The van der Waals surface area contributed by atoms with Gasteiger partial charge in [-0.15, -0.1) is 13.2 Å². The van der Waals surface area contributed by atoms with Crippen LogP contribution in [0.1, 0.15) is 17.2 Å². The third kappa shape index (κ3) is 3.69. The molecule has 0 aliphatic rings. The minimum absolute atomic E-state index is 0.288. The van der Waals surface area contributed by atoms with Crippen molar-refractivity contribution in [3.05, 3.63) is 59.9 Å². The highest BCUT2D eigenvalue weighted by atomic mass is 19.4. The van der Waals surface area contributed by atoms with Gasteiger partial charge in [-0.1, -0.05) is 18.2 Å². The summed E-state index contributed by atoms with van der Waals surface area (Å²) in [5.41, 5.74) is 7.21. The molecule has 1 unspecified atom stereocenters. The summed E-state index contributed by atoms with van der Waals surface area (Å²) in [7, 11) is 0. The zero-order valence-electron chi connectivity index (χ0n) is 9.76. The molecule has 2 rings (SSSR count). The van der Waals surface area contributed by atoms with Crippen LogP contribution in [-0.2, 0) is 0 Å². The van der Waals surface area contributed by atoms with Crippen LogP contribution in [0.4, 0.5) is 13.2 Å². The fourth-order valence-electron chi connectivity index (χ4n) is 1.66. The van der Waals surface area contributed by atoms with Crippen molar-refractivity contribution in [3.63, 3.8) is 0 Å². The maximum absolute atomic E-state index is 12.1. The van der Waals surface area contributed by atoms with E-state index in [0.717, 1.165) is 0 Å². The number of benzene rings is 1. The summed E-state index contributed by atoms with van der Waals surface area (Å²) in [6.07, 6.45) is -1.54. The molecule has 0 fully saturated rings. The molecule has 6 heteroatoms. The van der Waals surface area contributed by atoms with E-state index in [4.69, 9.17) is 5.73 Å². The summed E-state index contributed by atoms with van der Waals surface area (Å²) in [5.74, 6) is -0.288. The van der Waals surface area contributed by atoms with E-state index in [1.807, 2.05) is 0 Å². The maximum atomic E-state index is 12.1. The van der Waals surface area contributed by atoms with E-state index in [2.05, 4.69) is 9.72 Å². The van der Waals surface area contributed by atoms with E-state index in [0.29, 0.717) is 11.1 Å². The van der Waals surface area contributed by atoms with Gasteiger partial charge < -0.3 is 10.5 Å². The molecule has 3 nitrogen and oxygen atoms in total. The first-order valence-electron chi connectivity index (χ1n) is 5.47. The van der Waals surface area contributed by atoms with Crippen molar-refractivity contribution in [2.75, 3.05) is 0 Å². The monoisotopic (exact) mass is 268 g/mol. The molecule has 0 amide bonds. The Morgan fingerprint density at radius 3 is 2.47 bits per heavy atom. The average molecular weight is 268 g/mol. The number of nitrogens with zero attached hydrogens (tertiary/aromatic N) is 1. The number of hydrogen-bond donors (Lipinski definition) is 1. The minimum Gasteiger partial charge on any atom is -0.406 e. The van der Waals surface area contributed by atoms with Gasteiger partial charge in [0.1, 0.15) is 5.75 Å². The Labute approximate surface area is 107 Å². The van der Waals surface area contributed by atoms with E-state index in [-0.39, 0.29) is 5.75 Å². The Balaban J connectivity index is 2.24. The lowest BCUT2D eigenvalue weighted by Gasteiger charge is -2.14. The van der Waals surface area contributed by atoms with Crippen molar-refractivity contribution in [1.29, 1.82) is 0 Å². The molecule has 1 aromatic heterocycles. The third-order valence-corrected chi connectivity index (χ3v) is 2.49. The Morgan fingerprint density at radius 1 is 1.11 bits per heavy atom. The van der Waals surface area contributed by atoms with E-state index in [9.17, 15) is 13.2 Å². The molecule has 0 radical (unpaired) electrons. The summed E-state index contributed by atoms with van der Waals surface area (Å²) in [5, 5.41) is 0. The smallest absolute Gasteiger partial charge is 0.406 e. The number of halogens is 3. The number of aromatic nitrogens is 1. The lowest BCUT2D eigenvalue weighted by Crippen LogP contribution is -2.18. The van der Waals surface area contributed by atoms with Crippen LogP contribution >= 0.6 is 0 Å². The molecule has 0 aliphatic carbocycles. The van der Waals surface area contributed by atoms with Gasteiger partial charge in [0.2, 0.25) is 0 Å². The molecule has 0 saturated carbocycles. The third-order valence-electron chi connectivity index (χ3n) is 2.49. The van der Waals surface area contributed by atoms with Gasteiger partial charge in [0.05, 0.1) is 6.04 Å². The van der Waals surface area contributed by atoms with Crippen molar-refractivity contribution in [2.24, 2.45) is 5.73 Å². The molecule has 0 saturated heterocycles. The van der Waals surface area contributed by atoms with Gasteiger partial charge in [0, 0.05) is 12.4 Å². The maximum Gasteiger partial charge on any atom is 0.573 e. The fraction of sp³-hybridized carbons (Fsp3) is 0.154. The van der Waals surface area contributed by atoms with Crippen LogP contribution in [0.25, 0.3) is 0 Å². The number of pyridine rings is 1. The lowest BCUT2D eigenvalue weighted by atomic mass is 10.0. The molecule has 1 aromatic carbocycles. The van der Waals surface area contributed by atoms with E-state index in [1.54, 1.807) is 30.6 Å². The molecule has 0 bridgehead atoms. The van der Waals surface area contributed by atoms with Crippen LogP contribution in [0.2, 0.25) is 0 Å². The van der Waals surface area contributed by atoms with Crippen LogP contribution in [0.5, 0.6) is 5.75 Å². The standard InChI is InChI=1S/C13H11F3N2O/c14-13(15,16)19-11-5-1-3-9(7-11)12(17)10-4-2-6-18-8-10/h1-8,12H,17H2. The fourth-order valence-corrected chi connectivity index (χ4v) is 1.66. The molecule has 1 heterocycles. The van der Waals surface area contributed by atoms with Gasteiger partial charge in [-0.25, -0.2) is 0 Å². The average Bonchev–Trinajstić information content (AvgIpc) is 2.37. The van der Waals surface area contributed by atoms with Gasteiger partial charge >= 0.3 is 6.36 Å². The number of nitrogens with two attached hydrogens (primary N) is 1. The Hall–Kier alpha value is -2.08. The Kier molecular flexibility index (Phi) is 3.71. The summed E-state index contributed by atoms with van der Waals surface area (Å²) in [6.45, 7) is 0. The van der Waals surface area contributed by atoms with Crippen LogP contribution in [-0.4, -0.2) is 11.3 Å². The first-order chi connectivity index (χ1) is 8.96. The molecule has 19 heavy (non-hydrogen) atoms. The predicted octanol–water partition coefficient (Wildman–Crippen LogP) is 3.03. The second-order valence-electron chi connectivity index (χ2n) is 3.88. The topological polar surface area (TPSA) is 48.1 Å². The largest absolute Gasteiger partial charge is 0.573 e. The molecule has 0 spiro atoms. The summed E-state index contributed by atoms with van der Waals surface area (Å²) >= 11 is 0. The SMILES string of the molecule is NC(c1cccnc1)c1cccc(OC(F)(F)F)c1. The van der Waals surface area contributed by atoms with Gasteiger partial charge in [-0.3, -0.25) is 4.98 Å². The second-order valence-corrected chi connectivity index (χ2v) is 3.88. The molecule has 2 aromatic rings. The summed E-state index contributed by atoms with van der Waals surface area (Å²) < 4.78 is 40.3. The predicted molar refractivity (Wildman–Crippen MR) is 63.4 cm³/mol. The van der Waals surface area contributed by atoms with Crippen LogP contribution in [0.3, 0.4) is 0 Å². The van der Waals surface area contributed by atoms with Crippen molar-refractivity contribution in [3.8, 4) is 5.75 Å². The van der Waals surface area contributed by atoms with Gasteiger partial charge in [-0.2, -0.15) is 0 Å². The Morgan fingerprint density at radius 2 is 1.84 bits per heavy atom. The Bertz CT molecular complexity index is 543. The van der Waals surface area contributed by atoms with Crippen LogP contribution < -0.4 is 10.5 Å². The highest BCUT2D eigenvalue weighted by Gasteiger charge is 2.31. The van der Waals surface area contributed by atoms with Crippen LogP contribution in [0, 0.1) is 0 Å².